The van der Waals surface area contributed by atoms with Gasteiger partial charge in [0.05, 0.1) is 23.2 Å². The first-order valence-electron chi connectivity index (χ1n) is 6.33. The summed E-state index contributed by atoms with van der Waals surface area (Å²) in [6.07, 6.45) is -0.169. The summed E-state index contributed by atoms with van der Waals surface area (Å²) >= 11 is 0. The molecule has 1 aromatic rings. The lowest BCUT2D eigenvalue weighted by Gasteiger charge is -2.27. The molecule has 1 heterocycles. The second-order valence-corrected chi connectivity index (χ2v) is 6.60. The van der Waals surface area contributed by atoms with Crippen LogP contribution in [0.4, 0.5) is 0 Å². The van der Waals surface area contributed by atoms with Crippen molar-refractivity contribution in [3.05, 3.63) is 29.8 Å². The van der Waals surface area contributed by atoms with E-state index in [1.54, 1.807) is 12.1 Å². The number of sulfonamides is 1. The highest BCUT2D eigenvalue weighted by atomic mass is 32.2. The van der Waals surface area contributed by atoms with E-state index in [1.807, 2.05) is 6.07 Å². The van der Waals surface area contributed by atoms with Crippen molar-refractivity contribution >= 4 is 10.0 Å². The standard InChI is InChI=1S/C13H17N3O3S/c1-16(10-12-9-15-6-7-19-12)20(17,18)13-5-3-2-4-11(13)8-14/h2-5,12,15H,6-7,9-10H2,1H3. The molecular weight excluding hydrogens is 278 g/mol. The maximum atomic E-state index is 12.5. The lowest BCUT2D eigenvalue weighted by Crippen LogP contribution is -2.45. The van der Waals surface area contributed by atoms with Gasteiger partial charge in [-0.2, -0.15) is 9.57 Å². The van der Waals surface area contributed by atoms with Gasteiger partial charge in [-0.3, -0.25) is 0 Å². The molecule has 1 aliphatic heterocycles. The number of morpholine rings is 1. The molecule has 1 atom stereocenters. The Bertz CT molecular complexity index is 604. The first-order valence-corrected chi connectivity index (χ1v) is 7.77. The van der Waals surface area contributed by atoms with Gasteiger partial charge in [0.1, 0.15) is 6.07 Å². The zero-order valence-corrected chi connectivity index (χ0v) is 12.1. The Morgan fingerprint density at radius 2 is 2.25 bits per heavy atom. The topological polar surface area (TPSA) is 82.4 Å². The Hall–Kier alpha value is -1.46. The molecular formula is C13H17N3O3S. The predicted molar refractivity (Wildman–Crippen MR) is 73.6 cm³/mol. The molecule has 0 amide bonds. The maximum Gasteiger partial charge on any atom is 0.244 e. The second kappa shape index (κ2) is 6.33. The third kappa shape index (κ3) is 3.16. The molecule has 0 radical (unpaired) electrons. The number of ether oxygens (including phenoxy) is 1. The zero-order chi connectivity index (χ0) is 14.6. The lowest BCUT2D eigenvalue weighted by atomic mass is 10.2. The normalized spacial score (nSPS) is 19.8. The fraction of sp³-hybridized carbons (Fsp3) is 0.462. The molecule has 0 saturated carbocycles. The van der Waals surface area contributed by atoms with Gasteiger partial charge in [-0.25, -0.2) is 8.42 Å². The van der Waals surface area contributed by atoms with Crippen LogP contribution in [0.3, 0.4) is 0 Å². The lowest BCUT2D eigenvalue weighted by molar-refractivity contribution is 0.0206. The molecule has 0 aromatic heterocycles. The van der Waals surface area contributed by atoms with Crippen molar-refractivity contribution in [2.45, 2.75) is 11.0 Å². The average molecular weight is 295 g/mol. The van der Waals surface area contributed by atoms with Crippen LogP contribution in [0, 0.1) is 11.3 Å². The number of benzene rings is 1. The molecule has 2 rings (SSSR count). The van der Waals surface area contributed by atoms with E-state index in [4.69, 9.17) is 10.00 Å². The highest BCUT2D eigenvalue weighted by Crippen LogP contribution is 2.19. The van der Waals surface area contributed by atoms with Crippen molar-refractivity contribution in [1.82, 2.24) is 9.62 Å². The Morgan fingerprint density at radius 3 is 2.90 bits per heavy atom. The first-order chi connectivity index (χ1) is 9.55. The van der Waals surface area contributed by atoms with Gasteiger partial charge >= 0.3 is 0 Å². The Kier molecular flexibility index (Phi) is 4.73. The third-order valence-electron chi connectivity index (χ3n) is 3.16. The summed E-state index contributed by atoms with van der Waals surface area (Å²) in [5.41, 5.74) is 0.155. The third-order valence-corrected chi connectivity index (χ3v) is 5.04. The molecule has 1 fully saturated rings. The molecule has 7 heteroatoms. The molecule has 20 heavy (non-hydrogen) atoms. The monoisotopic (exact) mass is 295 g/mol. The molecule has 6 nitrogen and oxygen atoms in total. The molecule has 1 unspecified atom stereocenters. The van der Waals surface area contributed by atoms with Gasteiger partial charge in [-0.05, 0) is 12.1 Å². The Morgan fingerprint density at radius 1 is 1.50 bits per heavy atom. The van der Waals surface area contributed by atoms with Gasteiger partial charge in [-0.15, -0.1) is 0 Å². The number of nitrogens with one attached hydrogen (secondary N) is 1. The van der Waals surface area contributed by atoms with Gasteiger partial charge in [-0.1, -0.05) is 12.1 Å². The smallest absolute Gasteiger partial charge is 0.244 e. The molecule has 108 valence electrons. The van der Waals surface area contributed by atoms with Crippen LogP contribution in [0.25, 0.3) is 0 Å². The second-order valence-electron chi connectivity index (χ2n) is 4.59. The molecule has 1 N–H and O–H groups in total. The van der Waals surface area contributed by atoms with E-state index in [2.05, 4.69) is 5.32 Å². The SMILES string of the molecule is CN(CC1CNCCO1)S(=O)(=O)c1ccccc1C#N. The summed E-state index contributed by atoms with van der Waals surface area (Å²) in [7, 11) is -2.18. The number of likely N-dealkylation sites (N-methyl/N-ethyl adjacent to an activating group) is 1. The summed E-state index contributed by atoms with van der Waals surface area (Å²) in [5.74, 6) is 0. The minimum atomic E-state index is -3.68. The van der Waals surface area contributed by atoms with Crippen LogP contribution in [-0.4, -0.2) is 52.1 Å². The van der Waals surface area contributed by atoms with Gasteiger partial charge in [0.15, 0.2) is 0 Å². The van der Waals surface area contributed by atoms with Crippen LogP contribution >= 0.6 is 0 Å². The maximum absolute atomic E-state index is 12.5. The van der Waals surface area contributed by atoms with Crippen molar-refractivity contribution in [3.63, 3.8) is 0 Å². The van der Waals surface area contributed by atoms with E-state index >= 15 is 0 Å². The van der Waals surface area contributed by atoms with Crippen molar-refractivity contribution < 1.29 is 13.2 Å². The largest absolute Gasteiger partial charge is 0.374 e. The van der Waals surface area contributed by atoms with Gasteiger partial charge < -0.3 is 10.1 Å². The molecule has 1 saturated heterocycles. The van der Waals surface area contributed by atoms with Crippen LogP contribution in [-0.2, 0) is 14.8 Å². The van der Waals surface area contributed by atoms with E-state index in [0.717, 1.165) is 6.54 Å². The number of nitrogens with zero attached hydrogens (tertiary/aromatic N) is 2. The molecule has 0 bridgehead atoms. The number of rotatable bonds is 4. The number of hydrogen-bond acceptors (Lipinski definition) is 5. The van der Waals surface area contributed by atoms with Crippen molar-refractivity contribution in [2.24, 2.45) is 0 Å². The number of hydrogen-bond donors (Lipinski definition) is 1. The van der Waals surface area contributed by atoms with E-state index in [-0.39, 0.29) is 23.1 Å². The fourth-order valence-corrected chi connectivity index (χ4v) is 3.41. The van der Waals surface area contributed by atoms with Crippen LogP contribution in [0.1, 0.15) is 5.56 Å². The van der Waals surface area contributed by atoms with E-state index in [1.165, 1.54) is 23.5 Å². The van der Waals surface area contributed by atoms with Crippen LogP contribution < -0.4 is 5.32 Å². The zero-order valence-electron chi connectivity index (χ0n) is 11.2. The summed E-state index contributed by atoms with van der Waals surface area (Å²) in [4.78, 5) is 0.0359. The molecule has 1 aliphatic rings. The van der Waals surface area contributed by atoms with Crippen molar-refractivity contribution in [2.75, 3.05) is 33.3 Å². The molecule has 0 aliphatic carbocycles. The van der Waals surface area contributed by atoms with Crippen LogP contribution in [0.5, 0.6) is 0 Å². The van der Waals surface area contributed by atoms with Gasteiger partial charge in [0, 0.05) is 26.7 Å². The first kappa shape index (κ1) is 14.9. The van der Waals surface area contributed by atoms with Gasteiger partial charge in [0.2, 0.25) is 10.0 Å². The van der Waals surface area contributed by atoms with E-state index < -0.39 is 10.0 Å². The van der Waals surface area contributed by atoms with Crippen LogP contribution in [0.2, 0.25) is 0 Å². The highest BCUT2D eigenvalue weighted by molar-refractivity contribution is 7.89. The summed E-state index contributed by atoms with van der Waals surface area (Å²) in [6, 6.07) is 8.11. The van der Waals surface area contributed by atoms with Crippen LogP contribution in [0.15, 0.2) is 29.2 Å². The fourth-order valence-electron chi connectivity index (χ4n) is 2.07. The summed E-state index contributed by atoms with van der Waals surface area (Å²) in [5, 5.41) is 12.2. The van der Waals surface area contributed by atoms with E-state index in [9.17, 15) is 8.42 Å². The van der Waals surface area contributed by atoms with Crippen molar-refractivity contribution in [3.8, 4) is 6.07 Å². The predicted octanol–water partition coefficient (Wildman–Crippen LogP) is 0.167. The number of nitriles is 1. The minimum absolute atomic E-state index is 0.0359. The molecule has 0 spiro atoms. The Labute approximate surface area is 119 Å². The van der Waals surface area contributed by atoms with Crippen molar-refractivity contribution in [1.29, 1.82) is 5.26 Å². The minimum Gasteiger partial charge on any atom is -0.374 e. The Balaban J connectivity index is 2.19. The summed E-state index contributed by atoms with van der Waals surface area (Å²) < 4.78 is 31.7. The quantitative estimate of drug-likeness (QED) is 0.856. The van der Waals surface area contributed by atoms with Gasteiger partial charge in [0.25, 0.3) is 0 Å². The molecule has 1 aromatic carbocycles. The highest BCUT2D eigenvalue weighted by Gasteiger charge is 2.27. The van der Waals surface area contributed by atoms with E-state index in [0.29, 0.717) is 13.2 Å². The summed E-state index contributed by atoms with van der Waals surface area (Å²) in [6.45, 7) is 2.24. The average Bonchev–Trinajstić information content (AvgIpc) is 2.48.